The van der Waals surface area contributed by atoms with Crippen molar-refractivity contribution < 1.29 is 9.59 Å². The first kappa shape index (κ1) is 20.5. The van der Waals surface area contributed by atoms with Crippen molar-refractivity contribution in [1.82, 2.24) is 10.2 Å². The Hall–Kier alpha value is -1.59. The van der Waals surface area contributed by atoms with Gasteiger partial charge in [-0.3, -0.25) is 9.59 Å². The largest absolute Gasteiger partial charge is 0.356 e. The van der Waals surface area contributed by atoms with Gasteiger partial charge in [-0.25, -0.2) is 0 Å². The molecule has 0 aliphatic heterocycles. The minimum absolute atomic E-state index is 0. The molecule has 134 valence electrons. The van der Waals surface area contributed by atoms with Gasteiger partial charge in [-0.05, 0) is 42.9 Å². The van der Waals surface area contributed by atoms with Crippen molar-refractivity contribution in [2.45, 2.75) is 38.1 Å². The van der Waals surface area contributed by atoms with Crippen molar-refractivity contribution >= 4 is 24.2 Å². The Kier molecular flexibility index (Phi) is 8.22. The van der Waals surface area contributed by atoms with Crippen LogP contribution in [0.4, 0.5) is 0 Å². The summed E-state index contributed by atoms with van der Waals surface area (Å²) in [6.45, 7) is 0.584. The lowest BCUT2D eigenvalue weighted by Crippen LogP contribution is -2.32. The summed E-state index contributed by atoms with van der Waals surface area (Å²) >= 11 is 0. The Labute approximate surface area is 150 Å². The number of hydrogen-bond acceptors (Lipinski definition) is 3. The molecule has 0 spiro atoms. The fourth-order valence-corrected chi connectivity index (χ4v) is 3.09. The average Bonchev–Trinajstić information content (AvgIpc) is 2.92. The highest BCUT2D eigenvalue weighted by Crippen LogP contribution is 2.26. The zero-order valence-corrected chi connectivity index (χ0v) is 15.3. The maximum Gasteiger partial charge on any atom is 0.253 e. The fourth-order valence-electron chi connectivity index (χ4n) is 3.09. The monoisotopic (exact) mass is 353 g/mol. The molecule has 24 heavy (non-hydrogen) atoms. The smallest absolute Gasteiger partial charge is 0.253 e. The number of benzene rings is 1. The predicted molar refractivity (Wildman–Crippen MR) is 98.4 cm³/mol. The lowest BCUT2D eigenvalue weighted by Gasteiger charge is -2.15. The first-order chi connectivity index (χ1) is 11.0. The molecule has 5 nitrogen and oxygen atoms in total. The minimum atomic E-state index is -0.00823. The number of carbonyl (C=O) groups is 2. The topological polar surface area (TPSA) is 75.4 Å². The summed E-state index contributed by atoms with van der Waals surface area (Å²) < 4.78 is 0. The summed E-state index contributed by atoms with van der Waals surface area (Å²) in [4.78, 5) is 25.5. The van der Waals surface area contributed by atoms with Crippen LogP contribution in [0.15, 0.2) is 24.3 Å². The van der Waals surface area contributed by atoms with E-state index in [4.69, 9.17) is 5.73 Å². The third kappa shape index (κ3) is 5.80. The van der Waals surface area contributed by atoms with Gasteiger partial charge in [-0.2, -0.15) is 0 Å². The van der Waals surface area contributed by atoms with Gasteiger partial charge in [0.1, 0.15) is 0 Å². The highest BCUT2D eigenvalue weighted by Gasteiger charge is 2.25. The van der Waals surface area contributed by atoms with Gasteiger partial charge in [0.05, 0.1) is 0 Å². The van der Waals surface area contributed by atoms with E-state index >= 15 is 0 Å². The Balaban J connectivity index is 0.00000288. The number of amides is 2. The van der Waals surface area contributed by atoms with Crippen LogP contribution in [0.25, 0.3) is 0 Å². The number of rotatable bonds is 6. The highest BCUT2D eigenvalue weighted by molar-refractivity contribution is 5.94. The van der Waals surface area contributed by atoms with E-state index in [0.717, 1.165) is 31.2 Å². The maximum absolute atomic E-state index is 12.0. The first-order valence-electron chi connectivity index (χ1n) is 8.30. The zero-order chi connectivity index (χ0) is 16.8. The molecule has 2 rings (SSSR count). The standard InChI is InChI=1S/C18H27N3O2.ClH/c1-21(2)18(23)15-7-3-5-13(11-15)9-10-20-17(22)12-14-6-4-8-16(14)19;/h3,5,7,11,14,16H,4,6,8-10,12,19H2,1-2H3,(H,20,22);1H/t14-,16+;/m0./s1. The van der Waals surface area contributed by atoms with Gasteiger partial charge in [0.25, 0.3) is 5.91 Å². The third-order valence-corrected chi connectivity index (χ3v) is 4.48. The molecule has 2 atom stereocenters. The second-order valence-electron chi connectivity index (χ2n) is 6.56. The first-order valence-corrected chi connectivity index (χ1v) is 8.30. The molecule has 1 aromatic rings. The van der Waals surface area contributed by atoms with Crippen LogP contribution in [0.5, 0.6) is 0 Å². The number of halogens is 1. The Morgan fingerprint density at radius 3 is 2.67 bits per heavy atom. The van der Waals surface area contributed by atoms with Crippen LogP contribution in [0, 0.1) is 5.92 Å². The summed E-state index contributed by atoms with van der Waals surface area (Å²) in [5.41, 5.74) is 7.73. The molecule has 2 amide bonds. The highest BCUT2D eigenvalue weighted by atomic mass is 35.5. The van der Waals surface area contributed by atoms with Gasteiger partial charge >= 0.3 is 0 Å². The van der Waals surface area contributed by atoms with Crippen molar-refractivity contribution in [3.05, 3.63) is 35.4 Å². The van der Waals surface area contributed by atoms with Gasteiger partial charge in [0.2, 0.25) is 5.91 Å². The molecule has 6 heteroatoms. The molecule has 0 bridgehead atoms. The van der Waals surface area contributed by atoms with Crippen molar-refractivity contribution in [3.63, 3.8) is 0 Å². The molecule has 0 radical (unpaired) electrons. The van der Waals surface area contributed by atoms with E-state index in [0.29, 0.717) is 24.4 Å². The SMILES string of the molecule is CN(C)C(=O)c1cccc(CCNC(=O)C[C@@H]2CCC[C@H]2N)c1.Cl. The lowest BCUT2D eigenvalue weighted by atomic mass is 10.00. The molecule has 0 aromatic heterocycles. The molecule has 0 saturated heterocycles. The van der Waals surface area contributed by atoms with Crippen LogP contribution >= 0.6 is 12.4 Å². The minimum Gasteiger partial charge on any atom is -0.356 e. The van der Waals surface area contributed by atoms with Crippen molar-refractivity contribution in [2.24, 2.45) is 11.7 Å². The van der Waals surface area contributed by atoms with E-state index in [1.165, 1.54) is 0 Å². The van der Waals surface area contributed by atoms with Crippen molar-refractivity contribution in [1.29, 1.82) is 0 Å². The molecule has 1 aliphatic rings. The van der Waals surface area contributed by atoms with E-state index in [1.807, 2.05) is 24.3 Å². The summed E-state index contributed by atoms with van der Waals surface area (Å²) in [6, 6.07) is 7.74. The zero-order valence-electron chi connectivity index (χ0n) is 14.5. The summed E-state index contributed by atoms with van der Waals surface area (Å²) in [7, 11) is 3.48. The number of nitrogens with one attached hydrogen (secondary N) is 1. The summed E-state index contributed by atoms with van der Waals surface area (Å²) in [5, 5.41) is 2.96. The molecule has 1 saturated carbocycles. The van der Waals surface area contributed by atoms with Crippen LogP contribution in [0.1, 0.15) is 41.6 Å². The van der Waals surface area contributed by atoms with E-state index in [9.17, 15) is 9.59 Å². The molecule has 0 heterocycles. The Bertz CT molecular complexity index is 563. The molecule has 1 fully saturated rings. The number of hydrogen-bond donors (Lipinski definition) is 2. The number of nitrogens with zero attached hydrogens (tertiary/aromatic N) is 1. The summed E-state index contributed by atoms with van der Waals surface area (Å²) in [6.07, 6.45) is 4.47. The Morgan fingerprint density at radius 1 is 1.29 bits per heavy atom. The predicted octanol–water partition coefficient (Wildman–Crippen LogP) is 1.99. The molecule has 3 N–H and O–H groups in total. The van der Waals surface area contributed by atoms with Gasteiger partial charge in [-0.15, -0.1) is 12.4 Å². The molecular weight excluding hydrogens is 326 g/mol. The number of nitrogens with two attached hydrogens (primary N) is 1. The van der Waals surface area contributed by atoms with Gasteiger partial charge in [0, 0.05) is 38.7 Å². The second kappa shape index (κ2) is 9.64. The van der Waals surface area contributed by atoms with E-state index in [1.54, 1.807) is 19.0 Å². The van der Waals surface area contributed by atoms with Crippen molar-refractivity contribution in [2.75, 3.05) is 20.6 Å². The van der Waals surface area contributed by atoms with Crippen LogP contribution in [0.3, 0.4) is 0 Å². The Morgan fingerprint density at radius 2 is 2.04 bits per heavy atom. The lowest BCUT2D eigenvalue weighted by molar-refractivity contribution is -0.122. The van der Waals surface area contributed by atoms with Crippen molar-refractivity contribution in [3.8, 4) is 0 Å². The van der Waals surface area contributed by atoms with Crippen LogP contribution in [-0.4, -0.2) is 43.4 Å². The molecular formula is C18H28ClN3O2. The van der Waals surface area contributed by atoms with Gasteiger partial charge in [0.15, 0.2) is 0 Å². The second-order valence-corrected chi connectivity index (χ2v) is 6.56. The van der Waals surface area contributed by atoms with Crippen LogP contribution < -0.4 is 11.1 Å². The molecule has 0 unspecified atom stereocenters. The van der Waals surface area contributed by atoms with Crippen LogP contribution in [-0.2, 0) is 11.2 Å². The number of carbonyl (C=O) groups excluding carboxylic acids is 2. The van der Waals surface area contributed by atoms with Gasteiger partial charge in [-0.1, -0.05) is 18.6 Å². The van der Waals surface area contributed by atoms with E-state index in [-0.39, 0.29) is 30.3 Å². The normalized spacial score (nSPS) is 19.5. The maximum atomic E-state index is 12.0. The van der Waals surface area contributed by atoms with E-state index < -0.39 is 0 Å². The quantitative estimate of drug-likeness (QED) is 0.821. The van der Waals surface area contributed by atoms with E-state index in [2.05, 4.69) is 5.32 Å². The third-order valence-electron chi connectivity index (χ3n) is 4.48. The summed E-state index contributed by atoms with van der Waals surface area (Å²) in [5.74, 6) is 0.398. The fraction of sp³-hybridized carbons (Fsp3) is 0.556. The van der Waals surface area contributed by atoms with Crippen LogP contribution in [0.2, 0.25) is 0 Å². The van der Waals surface area contributed by atoms with Gasteiger partial charge < -0.3 is 16.0 Å². The molecule has 1 aromatic carbocycles. The average molecular weight is 354 g/mol. The molecule has 1 aliphatic carbocycles.